The van der Waals surface area contributed by atoms with Crippen molar-refractivity contribution in [2.24, 2.45) is 4.99 Å². The molecule has 1 N–H and O–H groups in total. The quantitative estimate of drug-likeness (QED) is 0.838. The van der Waals surface area contributed by atoms with Crippen molar-refractivity contribution < 1.29 is 4.79 Å². The van der Waals surface area contributed by atoms with Crippen molar-refractivity contribution >= 4 is 40.1 Å². The average molecular weight is 257 g/mol. The summed E-state index contributed by atoms with van der Waals surface area (Å²) in [6.45, 7) is 4.00. The molecule has 1 aliphatic heterocycles. The molecule has 0 bridgehead atoms. The zero-order chi connectivity index (χ0) is 12.0. The number of halogens is 1. The smallest absolute Gasteiger partial charge is 0.236 e. The van der Waals surface area contributed by atoms with Crippen molar-refractivity contribution in [1.29, 1.82) is 0 Å². The second-order valence-corrected chi connectivity index (χ2v) is 4.08. The van der Waals surface area contributed by atoms with Gasteiger partial charge in [0, 0.05) is 0 Å². The molecule has 1 saturated heterocycles. The van der Waals surface area contributed by atoms with Gasteiger partial charge in [-0.1, -0.05) is 49.3 Å². The van der Waals surface area contributed by atoms with Crippen LogP contribution in [0.4, 0.5) is 5.69 Å². The fourth-order valence-electron chi connectivity index (χ4n) is 1.04. The molecule has 1 amide bonds. The molecule has 0 aliphatic carbocycles. The lowest BCUT2D eigenvalue weighted by molar-refractivity contribution is -0.116. The molecule has 16 heavy (non-hydrogen) atoms. The van der Waals surface area contributed by atoms with Gasteiger partial charge in [-0.2, -0.15) is 0 Å². The number of hydrogen-bond acceptors (Lipinski definition) is 3. The van der Waals surface area contributed by atoms with E-state index in [9.17, 15) is 4.79 Å². The molecule has 0 unspecified atom stereocenters. The van der Waals surface area contributed by atoms with Gasteiger partial charge in [0.2, 0.25) is 5.91 Å². The Hall–Kier alpha value is -1.00. The second kappa shape index (κ2) is 6.55. The van der Waals surface area contributed by atoms with E-state index in [1.807, 2.05) is 26.0 Å². The highest BCUT2D eigenvalue weighted by molar-refractivity contribution is 8.15. The van der Waals surface area contributed by atoms with E-state index in [-0.39, 0.29) is 5.91 Å². The van der Waals surface area contributed by atoms with Crippen molar-refractivity contribution in [1.82, 2.24) is 5.32 Å². The van der Waals surface area contributed by atoms with Gasteiger partial charge in [0.05, 0.1) is 16.5 Å². The monoisotopic (exact) mass is 256 g/mol. The fraction of sp³-hybridized carbons (Fsp3) is 0.273. The van der Waals surface area contributed by atoms with Crippen molar-refractivity contribution in [3.63, 3.8) is 0 Å². The molecule has 0 spiro atoms. The summed E-state index contributed by atoms with van der Waals surface area (Å²) in [4.78, 5) is 15.1. The normalized spacial score (nSPS) is 16.7. The van der Waals surface area contributed by atoms with Crippen LogP contribution in [0.3, 0.4) is 0 Å². The fourth-order valence-corrected chi connectivity index (χ4v) is 1.90. The van der Waals surface area contributed by atoms with Crippen molar-refractivity contribution in [2.75, 3.05) is 5.75 Å². The van der Waals surface area contributed by atoms with Gasteiger partial charge in [-0.3, -0.25) is 4.79 Å². The largest absolute Gasteiger partial charge is 0.304 e. The third-order valence-electron chi connectivity index (χ3n) is 1.66. The maximum Gasteiger partial charge on any atom is 0.236 e. The Kier molecular flexibility index (Phi) is 5.35. The third kappa shape index (κ3) is 3.54. The number of amides is 1. The summed E-state index contributed by atoms with van der Waals surface area (Å²) in [7, 11) is 0. The van der Waals surface area contributed by atoms with Gasteiger partial charge in [-0.05, 0) is 12.1 Å². The Morgan fingerprint density at radius 1 is 1.38 bits per heavy atom. The third-order valence-corrected chi connectivity index (χ3v) is 2.85. The van der Waals surface area contributed by atoms with E-state index >= 15 is 0 Å². The Bertz CT molecular complexity index is 407. The van der Waals surface area contributed by atoms with Crippen LogP contribution >= 0.6 is 23.4 Å². The van der Waals surface area contributed by atoms with E-state index in [0.717, 1.165) is 0 Å². The first-order chi connectivity index (χ1) is 7.75. The summed E-state index contributed by atoms with van der Waals surface area (Å²) in [5.74, 6) is 0.421. The van der Waals surface area contributed by atoms with Crippen LogP contribution in [-0.2, 0) is 4.79 Å². The maximum absolute atomic E-state index is 10.9. The van der Waals surface area contributed by atoms with Gasteiger partial charge >= 0.3 is 0 Å². The summed E-state index contributed by atoms with van der Waals surface area (Å²) in [5.41, 5.74) is 0.680. The lowest BCUT2D eigenvalue weighted by Gasteiger charge is -1.98. The standard InChI is InChI=1S/C9H7ClN2OS.C2H6/c10-6-3-1-2-4-7(6)11-9-12-8(13)5-14-9;1-2/h1-4H,5H2,(H,11,12,13);1-2H3. The number of carbonyl (C=O) groups excluding carboxylic acids is 1. The molecule has 1 fully saturated rings. The Morgan fingerprint density at radius 2 is 2.06 bits per heavy atom. The molecule has 86 valence electrons. The summed E-state index contributed by atoms with van der Waals surface area (Å²) in [5, 5.41) is 3.84. The van der Waals surface area contributed by atoms with Crippen molar-refractivity contribution in [2.45, 2.75) is 13.8 Å². The Balaban J connectivity index is 0.000000606. The number of amidine groups is 1. The van der Waals surface area contributed by atoms with Crippen LogP contribution in [0.1, 0.15) is 13.8 Å². The molecule has 1 aromatic carbocycles. The van der Waals surface area contributed by atoms with E-state index in [1.165, 1.54) is 11.8 Å². The van der Waals surface area contributed by atoms with Gasteiger partial charge in [-0.15, -0.1) is 0 Å². The minimum atomic E-state index is -0.0131. The van der Waals surface area contributed by atoms with E-state index in [2.05, 4.69) is 10.3 Å². The average Bonchev–Trinajstić information content (AvgIpc) is 2.70. The molecule has 0 saturated carbocycles. The predicted molar refractivity (Wildman–Crippen MR) is 70.5 cm³/mol. The molecule has 0 aromatic heterocycles. The number of benzene rings is 1. The molecule has 1 aliphatic rings. The zero-order valence-electron chi connectivity index (χ0n) is 9.16. The lowest BCUT2D eigenvalue weighted by Crippen LogP contribution is -2.19. The molecule has 2 rings (SSSR count). The number of aliphatic imine (C=N–C) groups is 1. The molecule has 3 nitrogen and oxygen atoms in total. The number of thioether (sulfide) groups is 1. The van der Waals surface area contributed by atoms with Gasteiger partial charge in [0.1, 0.15) is 0 Å². The predicted octanol–water partition coefficient (Wildman–Crippen LogP) is 3.22. The van der Waals surface area contributed by atoms with Crippen LogP contribution in [0.15, 0.2) is 29.3 Å². The molecular weight excluding hydrogens is 244 g/mol. The summed E-state index contributed by atoms with van der Waals surface area (Å²) >= 11 is 7.29. The second-order valence-electron chi connectivity index (χ2n) is 2.71. The lowest BCUT2D eigenvalue weighted by atomic mass is 10.3. The number of carbonyl (C=O) groups is 1. The highest BCUT2D eigenvalue weighted by Crippen LogP contribution is 2.25. The van der Waals surface area contributed by atoms with Crippen molar-refractivity contribution in [3.05, 3.63) is 29.3 Å². The number of hydrogen-bond donors (Lipinski definition) is 1. The summed E-state index contributed by atoms with van der Waals surface area (Å²) in [6, 6.07) is 7.27. The number of nitrogens with zero attached hydrogens (tertiary/aromatic N) is 1. The number of nitrogens with one attached hydrogen (secondary N) is 1. The van der Waals surface area contributed by atoms with Crippen LogP contribution in [0.25, 0.3) is 0 Å². The van der Waals surface area contributed by atoms with Crippen molar-refractivity contribution in [3.8, 4) is 0 Å². The molecular formula is C11H13ClN2OS. The first-order valence-corrected chi connectivity index (χ1v) is 6.38. The highest BCUT2D eigenvalue weighted by atomic mass is 35.5. The van der Waals surface area contributed by atoms with Gasteiger partial charge < -0.3 is 5.32 Å². The van der Waals surface area contributed by atoms with E-state index < -0.39 is 0 Å². The summed E-state index contributed by atoms with van der Waals surface area (Å²) in [6.07, 6.45) is 0. The number of para-hydroxylation sites is 1. The maximum atomic E-state index is 10.9. The zero-order valence-corrected chi connectivity index (χ0v) is 10.7. The van der Waals surface area contributed by atoms with E-state index in [0.29, 0.717) is 21.6 Å². The topological polar surface area (TPSA) is 41.5 Å². The van der Waals surface area contributed by atoms with Gasteiger partial charge in [0.25, 0.3) is 0 Å². The Morgan fingerprint density at radius 3 is 2.62 bits per heavy atom. The summed E-state index contributed by atoms with van der Waals surface area (Å²) < 4.78 is 0. The Labute approximate surface area is 104 Å². The SMILES string of the molecule is CC.O=C1CSC(=Nc2ccccc2Cl)N1. The molecule has 5 heteroatoms. The van der Waals surface area contributed by atoms with Crippen LogP contribution < -0.4 is 5.32 Å². The van der Waals surface area contributed by atoms with Gasteiger partial charge in [-0.25, -0.2) is 4.99 Å². The van der Waals surface area contributed by atoms with Gasteiger partial charge in [0.15, 0.2) is 5.17 Å². The van der Waals surface area contributed by atoms with E-state index in [1.54, 1.807) is 12.1 Å². The first-order valence-electron chi connectivity index (χ1n) is 5.01. The molecule has 1 heterocycles. The first kappa shape index (κ1) is 13.1. The van der Waals surface area contributed by atoms with Crippen LogP contribution in [0, 0.1) is 0 Å². The minimum absolute atomic E-state index is 0.0131. The van der Waals surface area contributed by atoms with Crippen LogP contribution in [0.2, 0.25) is 5.02 Å². The van der Waals surface area contributed by atoms with Crippen LogP contribution in [-0.4, -0.2) is 16.8 Å². The van der Waals surface area contributed by atoms with E-state index in [4.69, 9.17) is 11.6 Å². The van der Waals surface area contributed by atoms with Crippen LogP contribution in [0.5, 0.6) is 0 Å². The number of rotatable bonds is 1. The molecule has 0 radical (unpaired) electrons. The molecule has 1 aromatic rings. The highest BCUT2D eigenvalue weighted by Gasteiger charge is 2.16. The molecule has 0 atom stereocenters. The minimum Gasteiger partial charge on any atom is -0.304 e.